The van der Waals surface area contributed by atoms with Crippen LogP contribution in [0.1, 0.15) is 42.3 Å². The lowest BCUT2D eigenvalue weighted by Gasteiger charge is -2.35. The molecule has 0 bridgehead atoms. The number of hydrogen-bond donors (Lipinski definition) is 2. The van der Waals surface area contributed by atoms with Crippen LogP contribution < -0.4 is 15.4 Å². The molecule has 1 atom stereocenters. The minimum Gasteiger partial charge on any atom is -0.497 e. The van der Waals surface area contributed by atoms with E-state index >= 15 is 0 Å². The summed E-state index contributed by atoms with van der Waals surface area (Å²) in [7, 11) is 1.53. The summed E-state index contributed by atoms with van der Waals surface area (Å²) in [6.07, 6.45) is 3.29. The first-order chi connectivity index (χ1) is 15.0. The first-order valence-electron chi connectivity index (χ1n) is 10.5. The standard InChI is InChI=1S/C23H29N3O5/c1-3-20(27)26-11-9-16(10-12-26)21(23(29)24-15-19-8-5-13-31-19)25-22(28)17-6-4-7-18(14-17)30-2/h4-8,13-14,16,21H,3,9-12,15H2,1-2H3,(H,24,29)(H,25,28)/t21-/m1/s1. The summed E-state index contributed by atoms with van der Waals surface area (Å²) in [6.45, 7) is 3.24. The number of nitrogens with one attached hydrogen (secondary N) is 2. The van der Waals surface area contributed by atoms with Crippen LogP contribution in [0.3, 0.4) is 0 Å². The molecule has 8 nitrogen and oxygen atoms in total. The molecular formula is C23H29N3O5. The highest BCUT2D eigenvalue weighted by molar-refractivity contribution is 5.98. The van der Waals surface area contributed by atoms with Crippen molar-refractivity contribution in [3.63, 3.8) is 0 Å². The highest BCUT2D eigenvalue weighted by atomic mass is 16.5. The Balaban J connectivity index is 1.71. The molecule has 3 rings (SSSR count). The summed E-state index contributed by atoms with van der Waals surface area (Å²) in [6, 6.07) is 9.61. The average molecular weight is 428 g/mol. The van der Waals surface area contributed by atoms with Gasteiger partial charge in [0.2, 0.25) is 11.8 Å². The molecule has 31 heavy (non-hydrogen) atoms. The van der Waals surface area contributed by atoms with Crippen molar-refractivity contribution < 1.29 is 23.5 Å². The molecule has 166 valence electrons. The Labute approximate surface area is 181 Å². The van der Waals surface area contributed by atoms with E-state index in [0.29, 0.717) is 49.4 Å². The summed E-state index contributed by atoms with van der Waals surface area (Å²) in [4.78, 5) is 39.7. The highest BCUT2D eigenvalue weighted by Crippen LogP contribution is 2.22. The summed E-state index contributed by atoms with van der Waals surface area (Å²) in [5, 5.41) is 5.76. The van der Waals surface area contributed by atoms with Gasteiger partial charge in [0.15, 0.2) is 0 Å². The van der Waals surface area contributed by atoms with Gasteiger partial charge in [-0.15, -0.1) is 0 Å². The third kappa shape index (κ3) is 5.87. The Bertz CT molecular complexity index is 888. The van der Waals surface area contributed by atoms with E-state index in [1.165, 1.54) is 7.11 Å². The number of rotatable bonds is 8. The molecule has 0 aliphatic carbocycles. The van der Waals surface area contributed by atoms with Crippen LogP contribution in [0.25, 0.3) is 0 Å². The number of hydrogen-bond acceptors (Lipinski definition) is 5. The van der Waals surface area contributed by atoms with Gasteiger partial charge >= 0.3 is 0 Å². The highest BCUT2D eigenvalue weighted by Gasteiger charge is 2.33. The lowest BCUT2D eigenvalue weighted by atomic mass is 9.88. The SMILES string of the molecule is CCC(=O)N1CCC([C@@H](NC(=O)c2cccc(OC)c2)C(=O)NCc2ccco2)CC1. The van der Waals surface area contributed by atoms with Crippen LogP contribution in [-0.4, -0.2) is 48.9 Å². The van der Waals surface area contributed by atoms with Gasteiger partial charge < -0.3 is 24.7 Å². The molecule has 2 N–H and O–H groups in total. The fourth-order valence-corrected chi connectivity index (χ4v) is 3.79. The van der Waals surface area contributed by atoms with Gasteiger partial charge in [0, 0.05) is 25.1 Å². The molecule has 0 radical (unpaired) electrons. The number of carbonyl (C=O) groups excluding carboxylic acids is 3. The fourth-order valence-electron chi connectivity index (χ4n) is 3.79. The Morgan fingerprint density at radius 2 is 1.97 bits per heavy atom. The largest absolute Gasteiger partial charge is 0.497 e. The number of furan rings is 1. The molecule has 1 aromatic carbocycles. The van der Waals surface area contributed by atoms with E-state index in [9.17, 15) is 14.4 Å². The maximum absolute atomic E-state index is 13.0. The van der Waals surface area contributed by atoms with Gasteiger partial charge in [-0.2, -0.15) is 0 Å². The normalized spacial score (nSPS) is 15.2. The Kier molecular flexibility index (Phi) is 7.70. The van der Waals surface area contributed by atoms with Crippen LogP contribution in [0.15, 0.2) is 47.1 Å². The predicted octanol–water partition coefficient (Wildman–Crippen LogP) is 2.35. The summed E-state index contributed by atoms with van der Waals surface area (Å²) in [5.74, 6) is 0.620. The second-order valence-corrected chi connectivity index (χ2v) is 7.55. The van der Waals surface area contributed by atoms with E-state index in [1.54, 1.807) is 42.7 Å². The second-order valence-electron chi connectivity index (χ2n) is 7.55. The molecule has 1 aliphatic rings. The van der Waals surface area contributed by atoms with Gasteiger partial charge in [0.1, 0.15) is 17.6 Å². The minimum absolute atomic E-state index is 0.0768. The smallest absolute Gasteiger partial charge is 0.252 e. The predicted molar refractivity (Wildman–Crippen MR) is 114 cm³/mol. The van der Waals surface area contributed by atoms with E-state index in [-0.39, 0.29) is 30.2 Å². The van der Waals surface area contributed by atoms with Crippen LogP contribution in [0, 0.1) is 5.92 Å². The number of methoxy groups -OCH3 is 1. The van der Waals surface area contributed by atoms with Crippen LogP contribution in [0.5, 0.6) is 5.75 Å². The zero-order valence-electron chi connectivity index (χ0n) is 17.9. The van der Waals surface area contributed by atoms with Gasteiger partial charge in [-0.1, -0.05) is 13.0 Å². The van der Waals surface area contributed by atoms with Crippen molar-refractivity contribution >= 4 is 17.7 Å². The molecular weight excluding hydrogens is 398 g/mol. The lowest BCUT2D eigenvalue weighted by Crippen LogP contribution is -2.53. The van der Waals surface area contributed by atoms with Crippen molar-refractivity contribution in [3.05, 3.63) is 54.0 Å². The Morgan fingerprint density at radius 1 is 1.19 bits per heavy atom. The van der Waals surface area contributed by atoms with E-state index in [1.807, 2.05) is 11.8 Å². The first-order valence-corrected chi connectivity index (χ1v) is 10.5. The summed E-state index contributed by atoms with van der Waals surface area (Å²) >= 11 is 0. The van der Waals surface area contributed by atoms with Crippen molar-refractivity contribution in [2.45, 2.75) is 38.8 Å². The van der Waals surface area contributed by atoms with Crippen molar-refractivity contribution in [1.82, 2.24) is 15.5 Å². The first kappa shape index (κ1) is 22.4. The number of carbonyl (C=O) groups is 3. The third-order valence-corrected chi connectivity index (χ3v) is 5.58. The maximum Gasteiger partial charge on any atom is 0.252 e. The van der Waals surface area contributed by atoms with E-state index in [4.69, 9.17) is 9.15 Å². The molecule has 8 heteroatoms. The average Bonchev–Trinajstić information content (AvgIpc) is 3.34. The number of ether oxygens (including phenoxy) is 1. The van der Waals surface area contributed by atoms with E-state index in [0.717, 1.165) is 0 Å². The number of likely N-dealkylation sites (tertiary alicyclic amines) is 1. The van der Waals surface area contributed by atoms with Gasteiger partial charge in [-0.25, -0.2) is 0 Å². The molecule has 1 fully saturated rings. The van der Waals surface area contributed by atoms with E-state index < -0.39 is 6.04 Å². The molecule has 2 heterocycles. The number of piperidine rings is 1. The van der Waals surface area contributed by atoms with Gasteiger partial charge in [0.25, 0.3) is 5.91 Å². The zero-order valence-corrected chi connectivity index (χ0v) is 17.9. The third-order valence-electron chi connectivity index (χ3n) is 5.58. The monoisotopic (exact) mass is 427 g/mol. The second kappa shape index (κ2) is 10.7. The van der Waals surface area contributed by atoms with Crippen LogP contribution >= 0.6 is 0 Å². The Hall–Kier alpha value is -3.29. The quantitative estimate of drug-likeness (QED) is 0.674. The topological polar surface area (TPSA) is 101 Å². The van der Waals surface area contributed by atoms with Crippen molar-refractivity contribution in [2.24, 2.45) is 5.92 Å². The molecule has 1 aliphatic heterocycles. The van der Waals surface area contributed by atoms with Crippen LogP contribution in [0.4, 0.5) is 0 Å². The zero-order chi connectivity index (χ0) is 22.2. The fraction of sp³-hybridized carbons (Fsp3) is 0.435. The molecule has 0 saturated carbocycles. The minimum atomic E-state index is -0.715. The molecule has 0 spiro atoms. The number of benzene rings is 1. The number of amides is 3. The van der Waals surface area contributed by atoms with Crippen LogP contribution in [-0.2, 0) is 16.1 Å². The van der Waals surface area contributed by atoms with Gasteiger partial charge in [-0.3, -0.25) is 14.4 Å². The van der Waals surface area contributed by atoms with Crippen molar-refractivity contribution in [2.75, 3.05) is 20.2 Å². The lowest BCUT2D eigenvalue weighted by molar-refractivity contribution is -0.132. The molecule has 3 amide bonds. The number of nitrogens with zero attached hydrogens (tertiary/aromatic N) is 1. The molecule has 2 aromatic rings. The van der Waals surface area contributed by atoms with Crippen molar-refractivity contribution in [3.8, 4) is 5.75 Å². The van der Waals surface area contributed by atoms with Gasteiger partial charge in [-0.05, 0) is 49.1 Å². The maximum atomic E-state index is 13.0. The molecule has 0 unspecified atom stereocenters. The van der Waals surface area contributed by atoms with Crippen molar-refractivity contribution in [1.29, 1.82) is 0 Å². The van der Waals surface area contributed by atoms with Crippen LogP contribution in [0.2, 0.25) is 0 Å². The van der Waals surface area contributed by atoms with E-state index in [2.05, 4.69) is 10.6 Å². The van der Waals surface area contributed by atoms with Gasteiger partial charge in [0.05, 0.1) is 19.9 Å². The summed E-state index contributed by atoms with van der Waals surface area (Å²) < 4.78 is 10.5. The molecule has 1 aromatic heterocycles. The molecule has 1 saturated heterocycles. The summed E-state index contributed by atoms with van der Waals surface area (Å²) in [5.41, 5.74) is 0.418. The Morgan fingerprint density at radius 3 is 2.61 bits per heavy atom.